The first-order valence-electron chi connectivity index (χ1n) is 7.14. The van der Waals surface area contributed by atoms with Gasteiger partial charge in [0.1, 0.15) is 5.58 Å². The lowest BCUT2D eigenvalue weighted by Crippen LogP contribution is -2.25. The van der Waals surface area contributed by atoms with Crippen LogP contribution in [0.15, 0.2) is 31.9 Å². The monoisotopic (exact) mass is 403 g/mol. The first-order valence-corrected chi connectivity index (χ1v) is 9.48. The largest absolute Gasteiger partial charge is 0.422 e. The van der Waals surface area contributed by atoms with Gasteiger partial charge in [-0.15, -0.1) is 0 Å². The van der Waals surface area contributed by atoms with Crippen molar-refractivity contribution >= 4 is 45.5 Å². The van der Waals surface area contributed by atoms with Gasteiger partial charge in [-0.1, -0.05) is 0 Å². The van der Waals surface area contributed by atoms with Gasteiger partial charge in [-0.25, -0.2) is 4.79 Å². The van der Waals surface area contributed by atoms with Crippen molar-refractivity contribution in [1.29, 1.82) is 0 Å². The molecule has 0 bridgehead atoms. The Kier molecular flexibility index (Phi) is 5.68. The zero-order valence-corrected chi connectivity index (χ0v) is 15.9. The number of halogens is 1. The molecule has 0 aliphatic carbocycles. The van der Waals surface area contributed by atoms with Crippen LogP contribution in [0.1, 0.15) is 13.8 Å². The molecule has 2 rings (SSSR count). The minimum absolute atomic E-state index is 0.113. The third-order valence-electron chi connectivity index (χ3n) is 3.66. The van der Waals surface area contributed by atoms with Crippen LogP contribution in [0.25, 0.3) is 11.0 Å². The molecule has 1 aromatic carbocycles. The maximum absolute atomic E-state index is 12.4. The van der Waals surface area contributed by atoms with E-state index < -0.39 is 13.2 Å². The molecule has 6 nitrogen and oxygen atoms in total. The Hall–Kier alpha value is -1.14. The van der Waals surface area contributed by atoms with Gasteiger partial charge in [0.25, 0.3) is 0 Å². The Morgan fingerprint density at radius 2 is 1.78 bits per heavy atom. The molecule has 0 atom stereocenters. The molecule has 0 unspecified atom stereocenters. The summed E-state index contributed by atoms with van der Waals surface area (Å²) >= 11 is 3.53. The Labute approximate surface area is 143 Å². The maximum atomic E-state index is 12.4. The Morgan fingerprint density at radius 3 is 2.30 bits per heavy atom. The standard InChI is InChI=1S/C15H19BrNO5P/c1-5-17(6-2)12-9-13-10(7-11(12)16)8-14(15(18)22-13)23(19,20-3)21-4/h7-9H,5-6H2,1-4H3. The number of rotatable bonds is 6. The summed E-state index contributed by atoms with van der Waals surface area (Å²) in [5.41, 5.74) is 0.625. The Morgan fingerprint density at radius 1 is 1.17 bits per heavy atom. The molecular formula is C15H19BrNO5P. The van der Waals surface area contributed by atoms with Crippen LogP contribution >= 0.6 is 23.5 Å². The summed E-state index contributed by atoms with van der Waals surface area (Å²) in [6.45, 7) is 5.75. The highest BCUT2D eigenvalue weighted by Crippen LogP contribution is 2.44. The number of nitrogens with zero attached hydrogens (tertiary/aromatic N) is 1. The average molecular weight is 404 g/mol. The van der Waals surface area contributed by atoms with Gasteiger partial charge in [-0.3, -0.25) is 4.57 Å². The fourth-order valence-corrected chi connectivity index (χ4v) is 4.11. The fourth-order valence-electron chi connectivity index (χ4n) is 2.39. The van der Waals surface area contributed by atoms with E-state index in [4.69, 9.17) is 13.5 Å². The zero-order chi connectivity index (χ0) is 17.2. The summed E-state index contributed by atoms with van der Waals surface area (Å²) in [6, 6.07) is 5.11. The molecule has 1 heterocycles. The summed E-state index contributed by atoms with van der Waals surface area (Å²) < 4.78 is 28.4. The Bertz CT molecular complexity index is 807. The molecule has 0 amide bonds. The molecule has 8 heteroatoms. The summed E-state index contributed by atoms with van der Waals surface area (Å²) in [6.07, 6.45) is 0. The molecule has 0 saturated heterocycles. The van der Waals surface area contributed by atoms with E-state index >= 15 is 0 Å². The lowest BCUT2D eigenvalue weighted by molar-refractivity contribution is 0.286. The number of hydrogen-bond donors (Lipinski definition) is 0. The van der Waals surface area contributed by atoms with Crippen LogP contribution in [-0.2, 0) is 13.6 Å². The van der Waals surface area contributed by atoms with Crippen LogP contribution in [0.5, 0.6) is 0 Å². The molecule has 2 aromatic rings. The van der Waals surface area contributed by atoms with Crippen LogP contribution in [0, 0.1) is 0 Å². The van der Waals surface area contributed by atoms with Gasteiger partial charge < -0.3 is 18.4 Å². The van der Waals surface area contributed by atoms with Crippen molar-refractivity contribution in [1.82, 2.24) is 0 Å². The first kappa shape index (κ1) is 18.2. The van der Waals surface area contributed by atoms with Crippen molar-refractivity contribution < 1.29 is 18.0 Å². The smallest absolute Gasteiger partial charge is 0.368 e. The maximum Gasteiger partial charge on any atom is 0.368 e. The topological polar surface area (TPSA) is 69.0 Å². The molecule has 1 aromatic heterocycles. The third kappa shape index (κ3) is 3.38. The predicted octanol–water partition coefficient (Wildman–Crippen LogP) is 3.51. The average Bonchev–Trinajstić information content (AvgIpc) is 2.55. The van der Waals surface area contributed by atoms with E-state index in [9.17, 15) is 9.36 Å². The quantitative estimate of drug-likeness (QED) is 0.542. The van der Waals surface area contributed by atoms with Crippen LogP contribution < -0.4 is 15.8 Å². The number of benzene rings is 1. The third-order valence-corrected chi connectivity index (χ3v) is 6.16. The molecule has 0 N–H and O–H groups in total. The molecule has 0 spiro atoms. The van der Waals surface area contributed by atoms with Crippen molar-refractivity contribution in [2.75, 3.05) is 32.2 Å². The summed E-state index contributed by atoms with van der Waals surface area (Å²) in [7, 11) is -1.21. The SMILES string of the molecule is CCN(CC)c1cc2oc(=O)c(P(=O)(OC)OC)cc2cc1Br. The molecule has 0 saturated carbocycles. The van der Waals surface area contributed by atoms with E-state index in [2.05, 4.69) is 20.8 Å². The van der Waals surface area contributed by atoms with Crippen molar-refractivity contribution in [2.24, 2.45) is 0 Å². The fraction of sp³-hybridized carbons (Fsp3) is 0.400. The van der Waals surface area contributed by atoms with Gasteiger partial charge in [0, 0.05) is 43.2 Å². The van der Waals surface area contributed by atoms with E-state index in [1.807, 2.05) is 19.9 Å². The normalized spacial score (nSPS) is 11.9. The van der Waals surface area contributed by atoms with Crippen LogP contribution in [0.2, 0.25) is 0 Å². The predicted molar refractivity (Wildman–Crippen MR) is 95.0 cm³/mol. The highest BCUT2D eigenvalue weighted by molar-refractivity contribution is 9.10. The first-order chi connectivity index (χ1) is 10.9. The highest BCUT2D eigenvalue weighted by atomic mass is 79.9. The highest BCUT2D eigenvalue weighted by Gasteiger charge is 2.30. The van der Waals surface area contributed by atoms with Crippen LogP contribution in [0.4, 0.5) is 5.69 Å². The Balaban J connectivity index is 2.70. The number of anilines is 1. The van der Waals surface area contributed by atoms with E-state index in [0.29, 0.717) is 11.0 Å². The molecular weight excluding hydrogens is 385 g/mol. The summed E-state index contributed by atoms with van der Waals surface area (Å²) in [4.78, 5) is 14.3. The van der Waals surface area contributed by atoms with E-state index in [1.165, 1.54) is 20.3 Å². The zero-order valence-electron chi connectivity index (χ0n) is 13.5. The second-order valence-corrected chi connectivity index (χ2v) is 7.86. The van der Waals surface area contributed by atoms with Gasteiger partial charge in [0.05, 0.1) is 5.69 Å². The lowest BCUT2D eigenvalue weighted by Gasteiger charge is -2.22. The second kappa shape index (κ2) is 7.18. The molecule has 0 aliphatic heterocycles. The van der Waals surface area contributed by atoms with Gasteiger partial charge in [0.2, 0.25) is 0 Å². The van der Waals surface area contributed by atoms with Crippen molar-refractivity contribution in [3.63, 3.8) is 0 Å². The van der Waals surface area contributed by atoms with Crippen molar-refractivity contribution in [3.05, 3.63) is 33.1 Å². The van der Waals surface area contributed by atoms with Gasteiger partial charge in [-0.05, 0) is 41.9 Å². The molecule has 23 heavy (non-hydrogen) atoms. The van der Waals surface area contributed by atoms with Crippen molar-refractivity contribution in [3.8, 4) is 0 Å². The molecule has 0 aliphatic rings. The van der Waals surface area contributed by atoms with E-state index in [0.717, 1.165) is 23.2 Å². The summed E-state index contributed by atoms with van der Waals surface area (Å²) in [5.74, 6) is 0. The van der Waals surface area contributed by atoms with Crippen LogP contribution in [-0.4, -0.2) is 27.3 Å². The molecule has 0 radical (unpaired) electrons. The summed E-state index contributed by atoms with van der Waals surface area (Å²) in [5, 5.41) is 0.522. The van der Waals surface area contributed by atoms with E-state index in [1.54, 1.807) is 6.07 Å². The minimum atomic E-state index is -3.67. The van der Waals surface area contributed by atoms with Crippen molar-refractivity contribution in [2.45, 2.75) is 13.8 Å². The minimum Gasteiger partial charge on any atom is -0.422 e. The lowest BCUT2D eigenvalue weighted by atomic mass is 10.2. The van der Waals surface area contributed by atoms with Gasteiger partial charge in [-0.2, -0.15) is 0 Å². The number of fused-ring (bicyclic) bond motifs is 1. The van der Waals surface area contributed by atoms with Gasteiger partial charge in [0.15, 0.2) is 5.30 Å². The van der Waals surface area contributed by atoms with E-state index in [-0.39, 0.29) is 5.30 Å². The molecule has 0 fully saturated rings. The second-order valence-electron chi connectivity index (χ2n) is 4.80. The molecule has 126 valence electrons. The number of hydrogen-bond acceptors (Lipinski definition) is 6. The van der Waals surface area contributed by atoms with Gasteiger partial charge >= 0.3 is 13.2 Å². The van der Waals surface area contributed by atoms with Crippen LogP contribution in [0.3, 0.4) is 0 Å².